The van der Waals surface area contributed by atoms with Crippen molar-refractivity contribution in [3.8, 4) is 0 Å². The van der Waals surface area contributed by atoms with Crippen LogP contribution in [-0.2, 0) is 12.8 Å². The van der Waals surface area contributed by atoms with Crippen molar-refractivity contribution in [2.75, 3.05) is 22.9 Å². The van der Waals surface area contributed by atoms with Crippen molar-refractivity contribution >= 4 is 23.6 Å². The van der Waals surface area contributed by atoms with E-state index in [0.29, 0.717) is 17.8 Å². The number of benzene rings is 4. The van der Waals surface area contributed by atoms with E-state index in [1.54, 1.807) is 24.3 Å². The summed E-state index contributed by atoms with van der Waals surface area (Å²) in [6, 6.07) is 35.1. The fourth-order valence-electron chi connectivity index (χ4n) is 4.31. The van der Waals surface area contributed by atoms with E-state index in [4.69, 9.17) is 0 Å². The van der Waals surface area contributed by atoms with E-state index in [1.807, 2.05) is 60.7 Å². The average Bonchev–Trinajstić information content (AvgIpc) is 2.91. The molecule has 0 unspecified atom stereocenters. The number of rotatable bonds is 10. The lowest BCUT2D eigenvalue weighted by atomic mass is 10.0. The van der Waals surface area contributed by atoms with Crippen LogP contribution >= 0.6 is 0 Å². The van der Waals surface area contributed by atoms with E-state index in [2.05, 4.69) is 24.3 Å². The molecule has 4 rings (SSSR count). The Hall–Kier alpha value is -4.58. The maximum absolute atomic E-state index is 11.9. The molecule has 6 nitrogen and oxygen atoms in total. The van der Waals surface area contributed by atoms with Gasteiger partial charge < -0.3 is 10.2 Å². The molecule has 0 aliphatic carbocycles. The van der Waals surface area contributed by atoms with Crippen molar-refractivity contribution in [2.24, 2.45) is 0 Å². The maximum Gasteiger partial charge on any atom is 0.411 e. The monoisotopic (exact) mass is 494 g/mol. The molecule has 0 saturated carbocycles. The van der Waals surface area contributed by atoms with Crippen molar-refractivity contribution in [1.82, 2.24) is 0 Å². The molecule has 0 aliphatic heterocycles. The summed E-state index contributed by atoms with van der Waals surface area (Å²) in [6.07, 6.45) is -0.237. The van der Waals surface area contributed by atoms with Crippen molar-refractivity contribution < 1.29 is 19.8 Å². The summed E-state index contributed by atoms with van der Waals surface area (Å²) in [4.78, 5) is 26.4. The second-order valence-corrected chi connectivity index (χ2v) is 8.88. The number of nitrogens with zero attached hydrogens (tertiary/aromatic N) is 2. The van der Waals surface area contributed by atoms with Gasteiger partial charge in [-0.3, -0.25) is 9.80 Å². The van der Waals surface area contributed by atoms with Crippen LogP contribution in [-0.4, -0.2) is 35.5 Å². The third-order valence-corrected chi connectivity index (χ3v) is 6.22. The third kappa shape index (κ3) is 7.21. The van der Waals surface area contributed by atoms with E-state index in [9.17, 15) is 19.8 Å². The molecule has 4 aromatic carbocycles. The van der Waals surface area contributed by atoms with Crippen LogP contribution in [0.15, 0.2) is 109 Å². The first-order chi connectivity index (χ1) is 18.0. The van der Waals surface area contributed by atoms with Gasteiger partial charge in [0.05, 0.1) is 0 Å². The Balaban J connectivity index is 1.36. The SMILES string of the molecule is O=C(O)N(CCCN(C(=O)O)c1ccc(Cc2ccccc2)cc1)c1ccc(Cc2ccccc2)cc1. The van der Waals surface area contributed by atoms with Gasteiger partial charge in [0.25, 0.3) is 0 Å². The van der Waals surface area contributed by atoms with E-state index in [0.717, 1.165) is 24.0 Å². The molecule has 0 heterocycles. The summed E-state index contributed by atoms with van der Waals surface area (Å²) in [5.41, 5.74) is 5.69. The van der Waals surface area contributed by atoms with Gasteiger partial charge in [-0.1, -0.05) is 84.9 Å². The van der Waals surface area contributed by atoms with Crippen LogP contribution in [0, 0.1) is 0 Å². The minimum atomic E-state index is -1.07. The van der Waals surface area contributed by atoms with Gasteiger partial charge in [0.1, 0.15) is 0 Å². The Labute approximate surface area is 217 Å². The second kappa shape index (κ2) is 12.4. The number of hydrogen-bond acceptors (Lipinski definition) is 2. The van der Waals surface area contributed by atoms with Crippen LogP contribution < -0.4 is 9.80 Å². The van der Waals surface area contributed by atoms with Crippen molar-refractivity contribution in [3.63, 3.8) is 0 Å². The highest BCUT2D eigenvalue weighted by atomic mass is 16.4. The molecule has 2 N–H and O–H groups in total. The highest BCUT2D eigenvalue weighted by Crippen LogP contribution is 2.21. The lowest BCUT2D eigenvalue weighted by molar-refractivity contribution is 0.201. The summed E-state index contributed by atoms with van der Waals surface area (Å²) in [7, 11) is 0. The lowest BCUT2D eigenvalue weighted by Gasteiger charge is -2.23. The molecule has 0 atom stereocenters. The molecule has 0 fully saturated rings. The zero-order valence-corrected chi connectivity index (χ0v) is 20.5. The first-order valence-electron chi connectivity index (χ1n) is 12.3. The van der Waals surface area contributed by atoms with Gasteiger partial charge in [-0.25, -0.2) is 9.59 Å². The molecular formula is C31H30N2O4. The highest BCUT2D eigenvalue weighted by Gasteiger charge is 2.18. The predicted molar refractivity (Wildman–Crippen MR) is 147 cm³/mol. The standard InChI is InChI=1S/C31H30N2O4/c34-30(35)32(28-16-12-26(13-17-28)22-24-8-3-1-4-9-24)20-7-21-33(31(36)37)29-18-14-27(15-19-29)23-25-10-5-2-6-11-25/h1-6,8-19H,7,20-23H2,(H,34,35)(H,36,37). The Morgan fingerprint density at radius 2 is 0.811 bits per heavy atom. The first-order valence-corrected chi connectivity index (χ1v) is 12.3. The minimum Gasteiger partial charge on any atom is -0.465 e. The number of anilines is 2. The minimum absolute atomic E-state index is 0.184. The molecule has 0 aliphatic rings. The fraction of sp³-hybridized carbons (Fsp3) is 0.161. The summed E-state index contributed by atoms with van der Waals surface area (Å²) in [5, 5.41) is 19.5. The zero-order chi connectivity index (χ0) is 26.0. The zero-order valence-electron chi connectivity index (χ0n) is 20.5. The van der Waals surface area contributed by atoms with Gasteiger partial charge >= 0.3 is 12.2 Å². The van der Waals surface area contributed by atoms with Gasteiger partial charge in [0.2, 0.25) is 0 Å². The van der Waals surface area contributed by atoms with Crippen LogP contribution in [0.4, 0.5) is 21.0 Å². The Kier molecular flexibility index (Phi) is 8.55. The van der Waals surface area contributed by atoms with E-state index in [-0.39, 0.29) is 13.1 Å². The van der Waals surface area contributed by atoms with Gasteiger partial charge in [-0.05, 0) is 65.8 Å². The summed E-state index contributed by atoms with van der Waals surface area (Å²) in [5.74, 6) is 0. The molecule has 0 saturated heterocycles. The average molecular weight is 495 g/mol. The van der Waals surface area contributed by atoms with Gasteiger partial charge in [-0.2, -0.15) is 0 Å². The molecule has 0 radical (unpaired) electrons. The molecule has 2 amide bonds. The normalized spacial score (nSPS) is 10.6. The maximum atomic E-state index is 11.9. The number of hydrogen-bond donors (Lipinski definition) is 2. The van der Waals surface area contributed by atoms with Crippen molar-refractivity contribution in [2.45, 2.75) is 19.3 Å². The summed E-state index contributed by atoms with van der Waals surface area (Å²) >= 11 is 0. The van der Waals surface area contributed by atoms with Gasteiger partial charge in [-0.15, -0.1) is 0 Å². The smallest absolute Gasteiger partial charge is 0.411 e. The quantitative estimate of drug-likeness (QED) is 0.251. The van der Waals surface area contributed by atoms with Crippen LogP contribution in [0.1, 0.15) is 28.7 Å². The largest absolute Gasteiger partial charge is 0.465 e. The number of carbonyl (C=O) groups is 2. The molecule has 0 spiro atoms. The molecule has 188 valence electrons. The number of amides is 2. The van der Waals surface area contributed by atoms with E-state index < -0.39 is 12.2 Å². The Morgan fingerprint density at radius 3 is 1.14 bits per heavy atom. The molecular weight excluding hydrogens is 464 g/mol. The molecule has 0 bridgehead atoms. The van der Waals surface area contributed by atoms with Crippen LogP contribution in [0.2, 0.25) is 0 Å². The van der Waals surface area contributed by atoms with Gasteiger partial charge in [0, 0.05) is 24.5 Å². The summed E-state index contributed by atoms with van der Waals surface area (Å²) < 4.78 is 0. The molecule has 0 aromatic heterocycles. The second-order valence-electron chi connectivity index (χ2n) is 8.88. The number of carboxylic acid groups (broad SMARTS) is 2. The highest BCUT2D eigenvalue weighted by molar-refractivity contribution is 5.87. The lowest BCUT2D eigenvalue weighted by Crippen LogP contribution is -2.35. The van der Waals surface area contributed by atoms with Crippen molar-refractivity contribution in [3.05, 3.63) is 131 Å². The fourth-order valence-corrected chi connectivity index (χ4v) is 4.31. The topological polar surface area (TPSA) is 81.1 Å². The summed E-state index contributed by atoms with van der Waals surface area (Å²) in [6.45, 7) is 0.368. The van der Waals surface area contributed by atoms with E-state index >= 15 is 0 Å². The van der Waals surface area contributed by atoms with Crippen LogP contribution in [0.5, 0.6) is 0 Å². The van der Waals surface area contributed by atoms with Crippen LogP contribution in [0.25, 0.3) is 0 Å². The molecule has 37 heavy (non-hydrogen) atoms. The van der Waals surface area contributed by atoms with Crippen LogP contribution in [0.3, 0.4) is 0 Å². The molecule has 6 heteroatoms. The Morgan fingerprint density at radius 1 is 0.486 bits per heavy atom. The third-order valence-electron chi connectivity index (χ3n) is 6.22. The Bertz CT molecular complexity index is 1190. The van der Waals surface area contributed by atoms with Gasteiger partial charge in [0.15, 0.2) is 0 Å². The van der Waals surface area contributed by atoms with Crippen molar-refractivity contribution in [1.29, 1.82) is 0 Å². The molecule has 4 aromatic rings. The first kappa shape index (κ1) is 25.5. The predicted octanol–water partition coefficient (Wildman–Crippen LogP) is 6.93. The van der Waals surface area contributed by atoms with E-state index in [1.165, 1.54) is 20.9 Å².